The molecule has 0 fully saturated rings. The van der Waals surface area contributed by atoms with Gasteiger partial charge in [0.25, 0.3) is 5.91 Å². The zero-order valence-electron chi connectivity index (χ0n) is 12.5. The highest BCUT2D eigenvalue weighted by Gasteiger charge is 2.14. The normalized spacial score (nSPS) is 10.4. The zero-order chi connectivity index (χ0) is 16.1. The molecule has 2 aromatic rings. The third-order valence-electron chi connectivity index (χ3n) is 3.02. The molecule has 0 bridgehead atoms. The molecule has 0 saturated heterocycles. The lowest BCUT2D eigenvalue weighted by molar-refractivity contribution is 0.102. The first-order valence-corrected chi connectivity index (χ1v) is 7.76. The van der Waals surface area contributed by atoms with E-state index in [2.05, 4.69) is 5.32 Å². The van der Waals surface area contributed by atoms with E-state index in [-0.39, 0.29) is 5.91 Å². The molecule has 0 aliphatic rings. The van der Waals surface area contributed by atoms with Crippen molar-refractivity contribution in [1.29, 1.82) is 0 Å². The van der Waals surface area contributed by atoms with Crippen LogP contribution in [0.2, 0.25) is 10.0 Å². The monoisotopic (exact) mass is 337 g/mol. The van der Waals surface area contributed by atoms with E-state index in [9.17, 15) is 4.79 Å². The molecule has 2 rings (SSSR count). The van der Waals surface area contributed by atoms with Crippen LogP contribution in [0.1, 0.15) is 29.3 Å². The molecule has 1 N–H and O–H groups in total. The molecule has 0 radical (unpaired) electrons. The number of anilines is 1. The summed E-state index contributed by atoms with van der Waals surface area (Å²) in [7, 11) is 0. The highest BCUT2D eigenvalue weighted by molar-refractivity contribution is 6.37. The first-order chi connectivity index (χ1) is 10.5. The predicted octanol–water partition coefficient (Wildman–Crippen LogP) is 5.34. The SMILES string of the molecule is CCCOc1c(Cl)cc(C(=O)Nc2ccc(C)cc2)cc1Cl. The van der Waals surface area contributed by atoms with E-state index in [1.165, 1.54) is 0 Å². The Bertz CT molecular complexity index is 646. The number of halogens is 2. The first kappa shape index (κ1) is 16.7. The number of nitrogens with one attached hydrogen (secondary N) is 1. The second kappa shape index (κ2) is 7.52. The maximum Gasteiger partial charge on any atom is 0.255 e. The summed E-state index contributed by atoms with van der Waals surface area (Å²) in [6, 6.07) is 10.7. The number of ether oxygens (including phenoxy) is 1. The molecule has 116 valence electrons. The molecule has 0 aliphatic carbocycles. The zero-order valence-corrected chi connectivity index (χ0v) is 14.0. The summed E-state index contributed by atoms with van der Waals surface area (Å²) < 4.78 is 5.49. The second-order valence-corrected chi connectivity index (χ2v) is 5.75. The number of carbonyl (C=O) groups is 1. The minimum absolute atomic E-state index is 0.269. The van der Waals surface area contributed by atoms with Crippen LogP contribution in [-0.4, -0.2) is 12.5 Å². The van der Waals surface area contributed by atoms with Gasteiger partial charge in [0.1, 0.15) is 0 Å². The van der Waals surface area contributed by atoms with Crippen molar-refractivity contribution in [2.45, 2.75) is 20.3 Å². The smallest absolute Gasteiger partial charge is 0.255 e. The number of hydrogen-bond donors (Lipinski definition) is 1. The van der Waals surface area contributed by atoms with Crippen LogP contribution in [0.15, 0.2) is 36.4 Å². The van der Waals surface area contributed by atoms with E-state index in [0.717, 1.165) is 12.0 Å². The summed E-state index contributed by atoms with van der Waals surface area (Å²) in [4.78, 5) is 12.3. The average molecular weight is 338 g/mol. The van der Waals surface area contributed by atoms with Gasteiger partial charge in [-0.3, -0.25) is 4.79 Å². The number of carbonyl (C=O) groups excluding carboxylic acids is 1. The summed E-state index contributed by atoms with van der Waals surface area (Å²) in [6.07, 6.45) is 0.850. The maximum atomic E-state index is 12.3. The van der Waals surface area contributed by atoms with Crippen LogP contribution in [0.3, 0.4) is 0 Å². The van der Waals surface area contributed by atoms with Gasteiger partial charge in [-0.15, -0.1) is 0 Å². The fourth-order valence-corrected chi connectivity index (χ4v) is 2.47. The standard InChI is InChI=1S/C17H17Cl2NO2/c1-3-8-22-16-14(18)9-12(10-15(16)19)17(21)20-13-6-4-11(2)5-7-13/h4-7,9-10H,3,8H2,1-2H3,(H,20,21). The molecule has 0 atom stereocenters. The van der Waals surface area contributed by atoms with E-state index < -0.39 is 0 Å². The summed E-state index contributed by atoms with van der Waals surface area (Å²) >= 11 is 12.3. The molecule has 22 heavy (non-hydrogen) atoms. The summed E-state index contributed by atoms with van der Waals surface area (Å²) in [5, 5.41) is 3.46. The minimum Gasteiger partial charge on any atom is -0.490 e. The molecular weight excluding hydrogens is 321 g/mol. The van der Waals surface area contributed by atoms with E-state index in [1.54, 1.807) is 12.1 Å². The average Bonchev–Trinajstić information content (AvgIpc) is 2.48. The molecule has 0 spiro atoms. The molecule has 1 amide bonds. The van der Waals surface area contributed by atoms with Gasteiger partial charge in [0.05, 0.1) is 16.7 Å². The molecule has 0 heterocycles. The third kappa shape index (κ3) is 4.15. The van der Waals surface area contributed by atoms with Crippen LogP contribution in [0.25, 0.3) is 0 Å². The largest absolute Gasteiger partial charge is 0.490 e. The molecule has 2 aromatic carbocycles. The second-order valence-electron chi connectivity index (χ2n) is 4.94. The number of hydrogen-bond acceptors (Lipinski definition) is 2. The molecule has 3 nitrogen and oxygen atoms in total. The van der Waals surface area contributed by atoms with Gasteiger partial charge >= 0.3 is 0 Å². The highest BCUT2D eigenvalue weighted by atomic mass is 35.5. The number of benzene rings is 2. The van der Waals surface area contributed by atoms with Crippen molar-refractivity contribution in [3.63, 3.8) is 0 Å². The van der Waals surface area contributed by atoms with Gasteiger partial charge < -0.3 is 10.1 Å². The quantitative estimate of drug-likeness (QED) is 0.799. The van der Waals surface area contributed by atoms with E-state index in [0.29, 0.717) is 33.7 Å². The Morgan fingerprint density at radius 2 is 1.73 bits per heavy atom. The lowest BCUT2D eigenvalue weighted by Crippen LogP contribution is -2.12. The molecule has 0 aromatic heterocycles. The molecule has 5 heteroatoms. The Balaban J connectivity index is 2.18. The number of aryl methyl sites for hydroxylation is 1. The van der Waals surface area contributed by atoms with Gasteiger partial charge in [0, 0.05) is 11.3 Å². The number of rotatable bonds is 5. The Labute approximate surface area is 140 Å². The molecule has 0 aliphatic heterocycles. The van der Waals surface area contributed by atoms with Crippen LogP contribution < -0.4 is 10.1 Å². The highest BCUT2D eigenvalue weighted by Crippen LogP contribution is 2.34. The van der Waals surface area contributed by atoms with Crippen LogP contribution in [-0.2, 0) is 0 Å². The van der Waals surface area contributed by atoms with Crippen molar-refractivity contribution in [1.82, 2.24) is 0 Å². The van der Waals surface area contributed by atoms with Gasteiger partial charge in [-0.05, 0) is 37.6 Å². The fraction of sp³-hybridized carbons (Fsp3) is 0.235. The summed E-state index contributed by atoms with van der Waals surface area (Å²) in [5.41, 5.74) is 2.23. The van der Waals surface area contributed by atoms with Crippen molar-refractivity contribution in [2.75, 3.05) is 11.9 Å². The first-order valence-electron chi connectivity index (χ1n) is 7.01. The molecule has 0 unspecified atom stereocenters. The van der Waals surface area contributed by atoms with E-state index in [1.807, 2.05) is 38.1 Å². The topological polar surface area (TPSA) is 38.3 Å². The molecule has 0 saturated carbocycles. The van der Waals surface area contributed by atoms with Crippen LogP contribution in [0, 0.1) is 6.92 Å². The van der Waals surface area contributed by atoms with Crippen molar-refractivity contribution >= 4 is 34.8 Å². The predicted molar refractivity (Wildman–Crippen MR) is 91.4 cm³/mol. The van der Waals surface area contributed by atoms with Crippen molar-refractivity contribution in [2.24, 2.45) is 0 Å². The van der Waals surface area contributed by atoms with Crippen molar-refractivity contribution in [3.05, 3.63) is 57.6 Å². The minimum atomic E-state index is -0.269. The lowest BCUT2D eigenvalue weighted by atomic mass is 10.2. The molecular formula is C17H17Cl2NO2. The van der Waals surface area contributed by atoms with Gasteiger partial charge in [-0.1, -0.05) is 47.8 Å². The van der Waals surface area contributed by atoms with Gasteiger partial charge in [-0.25, -0.2) is 0 Å². The Morgan fingerprint density at radius 3 is 2.27 bits per heavy atom. The van der Waals surface area contributed by atoms with Gasteiger partial charge in [0.15, 0.2) is 5.75 Å². The Kier molecular flexibility index (Phi) is 5.69. The van der Waals surface area contributed by atoms with Gasteiger partial charge in [0.2, 0.25) is 0 Å². The third-order valence-corrected chi connectivity index (χ3v) is 3.58. The van der Waals surface area contributed by atoms with E-state index in [4.69, 9.17) is 27.9 Å². The Hall–Kier alpha value is -1.71. The lowest BCUT2D eigenvalue weighted by Gasteiger charge is -2.11. The van der Waals surface area contributed by atoms with Crippen LogP contribution in [0.4, 0.5) is 5.69 Å². The van der Waals surface area contributed by atoms with Crippen molar-refractivity contribution in [3.8, 4) is 5.75 Å². The van der Waals surface area contributed by atoms with Gasteiger partial charge in [-0.2, -0.15) is 0 Å². The van der Waals surface area contributed by atoms with Crippen LogP contribution in [0.5, 0.6) is 5.75 Å². The number of amides is 1. The fourth-order valence-electron chi connectivity index (χ4n) is 1.87. The van der Waals surface area contributed by atoms with E-state index >= 15 is 0 Å². The summed E-state index contributed by atoms with van der Waals surface area (Å²) in [5.74, 6) is 0.145. The Morgan fingerprint density at radius 1 is 1.14 bits per heavy atom. The van der Waals surface area contributed by atoms with Crippen molar-refractivity contribution < 1.29 is 9.53 Å². The van der Waals surface area contributed by atoms with Crippen LogP contribution >= 0.6 is 23.2 Å². The maximum absolute atomic E-state index is 12.3. The summed E-state index contributed by atoms with van der Waals surface area (Å²) in [6.45, 7) is 4.50.